The maximum atomic E-state index is 13.2. The molecule has 1 aliphatic rings. The molecule has 0 heterocycles. The maximum Gasteiger partial charge on any atom is 0.239 e. The van der Waals surface area contributed by atoms with Gasteiger partial charge in [-0.2, -0.15) is 0 Å². The smallest absolute Gasteiger partial charge is 0.239 e. The lowest BCUT2D eigenvalue weighted by molar-refractivity contribution is -0.129. The Morgan fingerprint density at radius 1 is 1.27 bits per heavy atom. The third-order valence-corrected chi connectivity index (χ3v) is 4.13. The third-order valence-electron chi connectivity index (χ3n) is 4.13. The van der Waals surface area contributed by atoms with Gasteiger partial charge in [0.25, 0.3) is 0 Å². The average Bonchev–Trinajstić information content (AvgIpc) is 2.53. The molecule has 0 aromatic heterocycles. The van der Waals surface area contributed by atoms with Gasteiger partial charge in [-0.3, -0.25) is 9.59 Å². The highest BCUT2D eigenvalue weighted by molar-refractivity contribution is 5.86. The molecular formula is C17H23FN2O2. The van der Waals surface area contributed by atoms with Crippen molar-refractivity contribution >= 4 is 11.8 Å². The zero-order valence-corrected chi connectivity index (χ0v) is 12.9. The number of hydrogen-bond acceptors (Lipinski definition) is 2. The van der Waals surface area contributed by atoms with Crippen LogP contribution >= 0.6 is 0 Å². The van der Waals surface area contributed by atoms with E-state index < -0.39 is 0 Å². The second kappa shape index (κ2) is 7.92. The van der Waals surface area contributed by atoms with Gasteiger partial charge in [0.1, 0.15) is 5.82 Å². The van der Waals surface area contributed by atoms with Crippen LogP contribution in [0.15, 0.2) is 24.3 Å². The van der Waals surface area contributed by atoms with Crippen molar-refractivity contribution in [1.82, 2.24) is 10.6 Å². The third kappa shape index (κ3) is 4.83. The number of hydrogen-bond donors (Lipinski definition) is 2. The summed E-state index contributed by atoms with van der Waals surface area (Å²) in [5, 5.41) is 5.46. The molecule has 1 aromatic carbocycles. The maximum absolute atomic E-state index is 13.2. The van der Waals surface area contributed by atoms with E-state index in [4.69, 9.17) is 0 Å². The van der Waals surface area contributed by atoms with Crippen LogP contribution < -0.4 is 10.6 Å². The number of nitrogens with one attached hydrogen (secondary N) is 2. The molecule has 0 radical (unpaired) electrons. The fourth-order valence-electron chi connectivity index (χ4n) is 2.83. The van der Waals surface area contributed by atoms with E-state index in [-0.39, 0.29) is 36.1 Å². The van der Waals surface area contributed by atoms with Crippen molar-refractivity contribution in [2.75, 3.05) is 6.54 Å². The molecule has 0 bridgehead atoms. The molecule has 2 N–H and O–H groups in total. The number of rotatable bonds is 5. The summed E-state index contributed by atoms with van der Waals surface area (Å²) in [6.07, 6.45) is 5.18. The van der Waals surface area contributed by atoms with E-state index in [1.807, 2.05) is 0 Å². The topological polar surface area (TPSA) is 58.2 Å². The van der Waals surface area contributed by atoms with Crippen LogP contribution in [-0.2, 0) is 9.59 Å². The molecule has 1 fully saturated rings. The Bertz CT molecular complexity index is 527. The van der Waals surface area contributed by atoms with Crippen LogP contribution in [0.1, 0.15) is 50.6 Å². The highest BCUT2D eigenvalue weighted by Gasteiger charge is 2.21. The predicted molar refractivity (Wildman–Crippen MR) is 82.5 cm³/mol. The van der Waals surface area contributed by atoms with Gasteiger partial charge in [-0.15, -0.1) is 0 Å². The quantitative estimate of drug-likeness (QED) is 0.879. The first-order valence-electron chi connectivity index (χ1n) is 7.89. The standard InChI is InChI=1S/C17H23FN2O2/c1-12(14-8-5-9-15(18)10-14)20-16(21)11-19-17(22)13-6-3-2-4-7-13/h5,8-10,12-13H,2-4,6-7,11H2,1H3,(H,19,22)(H,20,21). The molecule has 120 valence electrons. The van der Waals surface area contributed by atoms with Gasteiger partial charge in [0.2, 0.25) is 11.8 Å². The van der Waals surface area contributed by atoms with E-state index in [1.165, 1.54) is 18.6 Å². The number of carbonyl (C=O) groups excluding carboxylic acids is 2. The molecule has 2 rings (SSSR count). The number of amides is 2. The Morgan fingerprint density at radius 2 is 2.00 bits per heavy atom. The van der Waals surface area contributed by atoms with Crippen molar-refractivity contribution in [3.05, 3.63) is 35.6 Å². The number of halogens is 1. The second-order valence-corrected chi connectivity index (χ2v) is 5.90. The molecule has 0 aliphatic heterocycles. The zero-order chi connectivity index (χ0) is 15.9. The Morgan fingerprint density at radius 3 is 2.68 bits per heavy atom. The molecule has 22 heavy (non-hydrogen) atoms. The second-order valence-electron chi connectivity index (χ2n) is 5.90. The highest BCUT2D eigenvalue weighted by Crippen LogP contribution is 2.23. The molecule has 1 aromatic rings. The minimum absolute atomic E-state index is 0.0327. The molecule has 1 saturated carbocycles. The van der Waals surface area contributed by atoms with Crippen LogP contribution in [0.2, 0.25) is 0 Å². The van der Waals surface area contributed by atoms with Gasteiger partial charge < -0.3 is 10.6 Å². The Kier molecular flexibility index (Phi) is 5.92. The minimum atomic E-state index is -0.329. The van der Waals surface area contributed by atoms with E-state index in [2.05, 4.69) is 10.6 Å². The van der Waals surface area contributed by atoms with Gasteiger partial charge in [-0.05, 0) is 37.5 Å². The van der Waals surface area contributed by atoms with Gasteiger partial charge in [0.05, 0.1) is 12.6 Å². The largest absolute Gasteiger partial charge is 0.348 e. The number of carbonyl (C=O) groups is 2. The lowest BCUT2D eigenvalue weighted by Gasteiger charge is -2.21. The summed E-state index contributed by atoms with van der Waals surface area (Å²) in [6, 6.07) is 5.83. The first-order chi connectivity index (χ1) is 10.6. The van der Waals surface area contributed by atoms with E-state index in [0.717, 1.165) is 25.7 Å². The SMILES string of the molecule is CC(NC(=O)CNC(=O)C1CCCCC1)c1cccc(F)c1. The lowest BCUT2D eigenvalue weighted by Crippen LogP contribution is -2.40. The number of benzene rings is 1. The molecule has 1 unspecified atom stereocenters. The molecule has 5 heteroatoms. The van der Waals surface area contributed by atoms with Crippen molar-refractivity contribution in [3.8, 4) is 0 Å². The van der Waals surface area contributed by atoms with Crippen LogP contribution in [0, 0.1) is 11.7 Å². The lowest BCUT2D eigenvalue weighted by atomic mass is 9.89. The Balaban J connectivity index is 1.76. The van der Waals surface area contributed by atoms with Crippen LogP contribution in [0.3, 0.4) is 0 Å². The summed E-state index contributed by atoms with van der Waals surface area (Å²) in [5.41, 5.74) is 0.701. The van der Waals surface area contributed by atoms with Gasteiger partial charge in [0.15, 0.2) is 0 Å². The average molecular weight is 306 g/mol. The van der Waals surface area contributed by atoms with Crippen molar-refractivity contribution in [3.63, 3.8) is 0 Å². The first-order valence-corrected chi connectivity index (χ1v) is 7.89. The molecule has 1 atom stereocenters. The summed E-state index contributed by atoms with van der Waals surface area (Å²) in [4.78, 5) is 23.8. The zero-order valence-electron chi connectivity index (χ0n) is 12.9. The highest BCUT2D eigenvalue weighted by atomic mass is 19.1. The monoisotopic (exact) mass is 306 g/mol. The van der Waals surface area contributed by atoms with Gasteiger partial charge >= 0.3 is 0 Å². The van der Waals surface area contributed by atoms with E-state index in [1.54, 1.807) is 19.1 Å². The van der Waals surface area contributed by atoms with Gasteiger partial charge in [0, 0.05) is 5.92 Å². The van der Waals surface area contributed by atoms with E-state index in [0.29, 0.717) is 5.56 Å². The van der Waals surface area contributed by atoms with Crippen LogP contribution in [0.4, 0.5) is 4.39 Å². The molecule has 0 spiro atoms. The minimum Gasteiger partial charge on any atom is -0.348 e. The summed E-state index contributed by atoms with van der Waals surface area (Å²) < 4.78 is 13.2. The van der Waals surface area contributed by atoms with Crippen molar-refractivity contribution < 1.29 is 14.0 Å². The van der Waals surface area contributed by atoms with Crippen LogP contribution in [-0.4, -0.2) is 18.4 Å². The summed E-state index contributed by atoms with van der Waals surface area (Å²) >= 11 is 0. The van der Waals surface area contributed by atoms with E-state index >= 15 is 0 Å². The van der Waals surface area contributed by atoms with Gasteiger partial charge in [-0.25, -0.2) is 4.39 Å². The summed E-state index contributed by atoms with van der Waals surface area (Å²) in [7, 11) is 0. The Hall–Kier alpha value is -1.91. The van der Waals surface area contributed by atoms with Gasteiger partial charge in [-0.1, -0.05) is 31.4 Å². The fraction of sp³-hybridized carbons (Fsp3) is 0.529. The molecular weight excluding hydrogens is 283 g/mol. The molecule has 0 saturated heterocycles. The van der Waals surface area contributed by atoms with Crippen LogP contribution in [0.25, 0.3) is 0 Å². The first kappa shape index (κ1) is 16.5. The Labute approximate surface area is 130 Å². The summed E-state index contributed by atoms with van der Waals surface area (Å²) in [5.74, 6) is -0.583. The summed E-state index contributed by atoms with van der Waals surface area (Å²) in [6.45, 7) is 1.75. The van der Waals surface area contributed by atoms with Crippen LogP contribution in [0.5, 0.6) is 0 Å². The molecule has 4 nitrogen and oxygen atoms in total. The normalized spacial score (nSPS) is 16.8. The molecule has 2 amide bonds. The molecule has 1 aliphatic carbocycles. The van der Waals surface area contributed by atoms with Crippen molar-refractivity contribution in [2.24, 2.45) is 5.92 Å². The van der Waals surface area contributed by atoms with E-state index in [9.17, 15) is 14.0 Å². The van der Waals surface area contributed by atoms with Crippen molar-refractivity contribution in [2.45, 2.75) is 45.1 Å². The fourth-order valence-corrected chi connectivity index (χ4v) is 2.83. The van der Waals surface area contributed by atoms with Crippen molar-refractivity contribution in [1.29, 1.82) is 0 Å². The predicted octanol–water partition coefficient (Wildman–Crippen LogP) is 2.70.